The lowest BCUT2D eigenvalue weighted by molar-refractivity contribution is -0.159. The molecule has 8 heteroatoms. The molecule has 1 aromatic rings. The molecule has 0 saturated carbocycles. The second-order valence-electron chi connectivity index (χ2n) is 13.0. The van der Waals surface area contributed by atoms with E-state index in [-0.39, 0.29) is 42.2 Å². The smallest absolute Gasteiger partial charge is 0.248 e. The number of aliphatic hydroxyl groups excluding tert-OH is 1. The second kappa shape index (κ2) is 12.3. The van der Waals surface area contributed by atoms with E-state index in [1.807, 2.05) is 65.0 Å². The molecule has 8 atom stereocenters. The summed E-state index contributed by atoms with van der Waals surface area (Å²) in [5, 5.41) is 10.6. The summed E-state index contributed by atoms with van der Waals surface area (Å²) in [5.41, 5.74) is -1.12. The van der Waals surface area contributed by atoms with Gasteiger partial charge in [-0.1, -0.05) is 69.7 Å². The number of carbonyl (C=O) groups is 3. The van der Waals surface area contributed by atoms with Crippen LogP contribution in [0.2, 0.25) is 0 Å². The number of carbonyl (C=O) groups excluding carboxylic acids is 3. The highest BCUT2D eigenvalue weighted by Crippen LogP contribution is 2.66. The van der Waals surface area contributed by atoms with E-state index in [0.29, 0.717) is 26.1 Å². The fourth-order valence-corrected chi connectivity index (χ4v) is 7.74. The molecule has 2 bridgehead atoms. The quantitative estimate of drug-likeness (QED) is 0.356. The number of hydrogen-bond donors (Lipinski definition) is 1. The van der Waals surface area contributed by atoms with Crippen molar-refractivity contribution in [3.05, 3.63) is 61.2 Å². The third-order valence-corrected chi connectivity index (χ3v) is 10.2. The Hall–Kier alpha value is -2.97. The number of aliphatic hydroxyl groups is 1. The summed E-state index contributed by atoms with van der Waals surface area (Å²) in [4.78, 5) is 48.9. The van der Waals surface area contributed by atoms with E-state index in [1.54, 1.807) is 26.9 Å². The fourth-order valence-electron chi connectivity index (χ4n) is 7.74. The fraction of sp³-hybridized carbons (Fsp3) is 0.618. The predicted molar refractivity (Wildman–Crippen MR) is 163 cm³/mol. The molecule has 3 amide bonds. The highest BCUT2D eigenvalue weighted by atomic mass is 16.5. The number of likely N-dealkylation sites (tertiary alicyclic amines) is 1. The lowest BCUT2D eigenvalue weighted by Crippen LogP contribution is -2.60. The summed E-state index contributed by atoms with van der Waals surface area (Å²) in [7, 11) is 0. The van der Waals surface area contributed by atoms with Gasteiger partial charge in [0, 0.05) is 25.7 Å². The zero-order valence-corrected chi connectivity index (χ0v) is 26.2. The van der Waals surface area contributed by atoms with Crippen LogP contribution in [-0.4, -0.2) is 86.6 Å². The molecular weight excluding hydrogens is 530 g/mol. The Kier molecular flexibility index (Phi) is 9.38. The lowest BCUT2D eigenvalue weighted by atomic mass is 9.62. The van der Waals surface area contributed by atoms with Crippen molar-refractivity contribution in [1.82, 2.24) is 14.7 Å². The SMILES string of the molecule is C=CCN(Cc1ccccc1)C(=O)[C@@H]1[C@H]2C(=O)N([C@@H](CO)[C@@H](C)CC)C(C(=O)N(CC=C)C(C)C)C23CC(C)[C@@]1(C)O3. The summed E-state index contributed by atoms with van der Waals surface area (Å²) >= 11 is 0. The minimum absolute atomic E-state index is 0.0638. The van der Waals surface area contributed by atoms with Crippen LogP contribution in [0.25, 0.3) is 0 Å². The Labute approximate surface area is 251 Å². The first-order valence-electron chi connectivity index (χ1n) is 15.4. The van der Waals surface area contributed by atoms with Gasteiger partial charge in [0.1, 0.15) is 11.6 Å². The molecule has 230 valence electrons. The van der Waals surface area contributed by atoms with Crippen LogP contribution in [0.1, 0.15) is 59.9 Å². The van der Waals surface area contributed by atoms with E-state index in [1.165, 1.54) is 0 Å². The summed E-state index contributed by atoms with van der Waals surface area (Å²) < 4.78 is 6.96. The molecule has 3 aliphatic heterocycles. The molecule has 0 aliphatic carbocycles. The first-order valence-corrected chi connectivity index (χ1v) is 15.4. The zero-order chi connectivity index (χ0) is 31.0. The maximum atomic E-state index is 14.7. The maximum absolute atomic E-state index is 14.7. The third-order valence-electron chi connectivity index (χ3n) is 10.2. The predicted octanol–water partition coefficient (Wildman–Crippen LogP) is 4.04. The van der Waals surface area contributed by atoms with Crippen molar-refractivity contribution in [2.45, 2.75) is 90.3 Å². The standard InChI is InChI=1S/C34H49N3O5/c1-9-17-35(20-25-15-13-12-14-16-25)30(39)27-28-31(40)37(26(21-38)23(6)11-3)29(32(41)36(18-10-2)22(4)5)34(28)19-24(7)33(27,8)42-34/h9-10,12-16,22-24,26-29,38H,1-2,11,17-21H2,3-8H3/t23-,24?,26-,27-,28-,29?,33+,34?/m0/s1. The Balaban J connectivity index is 1.85. The first kappa shape index (κ1) is 32.0. The molecular formula is C34H49N3O5. The Morgan fingerprint density at radius 3 is 2.33 bits per heavy atom. The molecule has 3 heterocycles. The van der Waals surface area contributed by atoms with Crippen LogP contribution < -0.4 is 0 Å². The number of amides is 3. The van der Waals surface area contributed by atoms with Gasteiger partial charge in [-0.15, -0.1) is 13.2 Å². The largest absolute Gasteiger partial charge is 0.394 e. The number of hydrogen-bond acceptors (Lipinski definition) is 5. The van der Waals surface area contributed by atoms with Gasteiger partial charge in [-0.2, -0.15) is 0 Å². The van der Waals surface area contributed by atoms with Gasteiger partial charge in [0.15, 0.2) is 0 Å². The number of nitrogens with zero attached hydrogens (tertiary/aromatic N) is 3. The van der Waals surface area contributed by atoms with Gasteiger partial charge in [-0.25, -0.2) is 0 Å². The van der Waals surface area contributed by atoms with E-state index in [2.05, 4.69) is 20.1 Å². The van der Waals surface area contributed by atoms with Crippen molar-refractivity contribution in [3.8, 4) is 0 Å². The molecule has 3 fully saturated rings. The van der Waals surface area contributed by atoms with Crippen LogP contribution in [0.4, 0.5) is 0 Å². The first-order chi connectivity index (χ1) is 19.9. The second-order valence-corrected chi connectivity index (χ2v) is 13.0. The molecule has 3 saturated heterocycles. The van der Waals surface area contributed by atoms with Crippen LogP contribution in [0.5, 0.6) is 0 Å². The van der Waals surface area contributed by atoms with E-state index in [0.717, 1.165) is 12.0 Å². The summed E-state index contributed by atoms with van der Waals surface area (Å²) in [5.74, 6) is -2.42. The van der Waals surface area contributed by atoms with Crippen LogP contribution in [0, 0.1) is 23.7 Å². The van der Waals surface area contributed by atoms with Crippen LogP contribution in [0.3, 0.4) is 0 Å². The highest BCUT2D eigenvalue weighted by molar-refractivity contribution is 5.99. The van der Waals surface area contributed by atoms with Crippen molar-refractivity contribution in [2.75, 3.05) is 19.7 Å². The number of fused-ring (bicyclic) bond motifs is 1. The van der Waals surface area contributed by atoms with E-state index in [4.69, 9.17) is 4.74 Å². The van der Waals surface area contributed by atoms with Gasteiger partial charge in [0.25, 0.3) is 0 Å². The Morgan fingerprint density at radius 2 is 1.79 bits per heavy atom. The van der Waals surface area contributed by atoms with E-state index in [9.17, 15) is 19.5 Å². The molecule has 4 rings (SSSR count). The van der Waals surface area contributed by atoms with Gasteiger partial charge < -0.3 is 24.5 Å². The van der Waals surface area contributed by atoms with Crippen LogP contribution in [0.15, 0.2) is 55.6 Å². The number of benzene rings is 1. The minimum Gasteiger partial charge on any atom is -0.394 e. The molecule has 0 radical (unpaired) electrons. The zero-order valence-electron chi connectivity index (χ0n) is 26.2. The van der Waals surface area contributed by atoms with Crippen LogP contribution >= 0.6 is 0 Å². The topological polar surface area (TPSA) is 90.4 Å². The van der Waals surface area contributed by atoms with Gasteiger partial charge in [0.05, 0.1) is 30.1 Å². The minimum atomic E-state index is -1.18. The summed E-state index contributed by atoms with van der Waals surface area (Å²) in [6.45, 7) is 20.3. The lowest BCUT2D eigenvalue weighted by Gasteiger charge is -2.42. The van der Waals surface area contributed by atoms with Gasteiger partial charge in [0.2, 0.25) is 17.7 Å². The third kappa shape index (κ3) is 5.00. The van der Waals surface area contributed by atoms with Gasteiger partial charge in [-0.05, 0) is 44.6 Å². The van der Waals surface area contributed by atoms with Crippen molar-refractivity contribution < 1.29 is 24.2 Å². The van der Waals surface area contributed by atoms with Crippen LogP contribution in [-0.2, 0) is 25.7 Å². The molecule has 1 spiro atoms. The normalized spacial score (nSPS) is 31.1. The van der Waals surface area contributed by atoms with Crippen molar-refractivity contribution in [2.24, 2.45) is 23.7 Å². The molecule has 3 unspecified atom stereocenters. The highest BCUT2D eigenvalue weighted by Gasteiger charge is 2.80. The van der Waals surface area contributed by atoms with Crippen molar-refractivity contribution in [3.63, 3.8) is 0 Å². The molecule has 8 nitrogen and oxygen atoms in total. The van der Waals surface area contributed by atoms with E-state index >= 15 is 0 Å². The monoisotopic (exact) mass is 579 g/mol. The molecule has 3 aliphatic rings. The maximum Gasteiger partial charge on any atom is 0.248 e. The molecule has 1 N–H and O–H groups in total. The van der Waals surface area contributed by atoms with Gasteiger partial charge in [-0.3, -0.25) is 14.4 Å². The summed E-state index contributed by atoms with van der Waals surface area (Å²) in [6, 6.07) is 8.09. The Bertz CT molecular complexity index is 1190. The van der Waals surface area contributed by atoms with Crippen molar-refractivity contribution in [1.29, 1.82) is 0 Å². The number of ether oxygens (including phenoxy) is 1. The summed E-state index contributed by atoms with van der Waals surface area (Å²) in [6.07, 6.45) is 4.59. The van der Waals surface area contributed by atoms with Crippen molar-refractivity contribution >= 4 is 17.7 Å². The average molecular weight is 580 g/mol. The molecule has 0 aromatic heterocycles. The molecule has 1 aromatic carbocycles. The Morgan fingerprint density at radius 1 is 1.14 bits per heavy atom. The average Bonchev–Trinajstić information content (AvgIpc) is 3.48. The molecule has 42 heavy (non-hydrogen) atoms. The van der Waals surface area contributed by atoms with E-state index < -0.39 is 35.1 Å². The van der Waals surface area contributed by atoms with Gasteiger partial charge >= 0.3 is 0 Å². The number of rotatable bonds is 13.